The average molecular weight is 488 g/mol. The fourth-order valence-electron chi connectivity index (χ4n) is 5.47. The number of aromatic nitrogens is 3. The molecule has 4 nitrogen and oxygen atoms in total. The van der Waals surface area contributed by atoms with Gasteiger partial charge >= 0.3 is 0 Å². The van der Waals surface area contributed by atoms with Crippen LogP contribution in [0.15, 0.2) is 132 Å². The number of benzene rings is 5. The molecule has 0 fully saturated rings. The molecule has 0 N–H and O–H groups in total. The van der Waals surface area contributed by atoms with Gasteiger partial charge in [0.15, 0.2) is 11.4 Å². The zero-order valence-electron chi connectivity index (χ0n) is 20.4. The van der Waals surface area contributed by atoms with Crippen LogP contribution < -0.4 is 0 Å². The molecule has 4 heteroatoms. The number of fused-ring (bicyclic) bond motifs is 6. The largest absolute Gasteiger partial charge is 0.438 e. The van der Waals surface area contributed by atoms with Crippen molar-refractivity contribution in [2.24, 2.45) is 0 Å². The highest BCUT2D eigenvalue weighted by Crippen LogP contribution is 2.40. The second-order valence-corrected chi connectivity index (χ2v) is 9.46. The Balaban J connectivity index is 1.32. The molecule has 0 unspecified atom stereocenters. The Morgan fingerprint density at radius 1 is 0.500 bits per heavy atom. The number of para-hydroxylation sites is 4. The Kier molecular flexibility index (Phi) is 4.49. The van der Waals surface area contributed by atoms with Crippen LogP contribution in [0.1, 0.15) is 0 Å². The van der Waals surface area contributed by atoms with Crippen LogP contribution in [0.4, 0.5) is 0 Å². The number of rotatable bonds is 3. The molecule has 0 bridgehead atoms. The lowest BCUT2D eigenvalue weighted by atomic mass is 10.00. The van der Waals surface area contributed by atoms with Crippen molar-refractivity contribution >= 4 is 38.6 Å². The summed E-state index contributed by atoms with van der Waals surface area (Å²) in [6.45, 7) is 0. The van der Waals surface area contributed by atoms with E-state index in [1.807, 2.05) is 60.7 Å². The fourth-order valence-corrected chi connectivity index (χ4v) is 5.47. The Labute approximate surface area is 218 Å². The van der Waals surface area contributed by atoms with Gasteiger partial charge in [-0.25, -0.2) is 9.97 Å². The molecule has 0 amide bonds. The van der Waals surface area contributed by atoms with E-state index in [1.165, 1.54) is 5.39 Å². The normalized spacial score (nSPS) is 11.7. The Morgan fingerprint density at radius 3 is 2.00 bits per heavy atom. The molecule has 0 radical (unpaired) electrons. The minimum atomic E-state index is 0.728. The molecular weight excluding hydrogens is 466 g/mol. The summed E-state index contributed by atoms with van der Waals surface area (Å²) in [7, 11) is 0. The third kappa shape index (κ3) is 3.10. The van der Waals surface area contributed by atoms with Gasteiger partial charge in [0.2, 0.25) is 5.71 Å². The van der Waals surface area contributed by atoms with Crippen LogP contribution in [0.5, 0.6) is 0 Å². The topological polar surface area (TPSA) is 43.3 Å². The first kappa shape index (κ1) is 20.9. The van der Waals surface area contributed by atoms with Crippen molar-refractivity contribution in [3.8, 4) is 33.8 Å². The van der Waals surface area contributed by atoms with E-state index in [9.17, 15) is 0 Å². The van der Waals surface area contributed by atoms with E-state index in [0.717, 1.165) is 67.0 Å². The predicted molar refractivity (Wildman–Crippen MR) is 154 cm³/mol. The van der Waals surface area contributed by atoms with Crippen molar-refractivity contribution in [1.82, 2.24) is 14.4 Å². The first-order valence-electron chi connectivity index (χ1n) is 12.7. The van der Waals surface area contributed by atoms with Gasteiger partial charge in [0.1, 0.15) is 0 Å². The fraction of sp³-hybridized carbons (Fsp3) is 0. The summed E-state index contributed by atoms with van der Waals surface area (Å²) in [5, 5.41) is 2.21. The van der Waals surface area contributed by atoms with Crippen LogP contribution in [0.3, 0.4) is 0 Å². The summed E-state index contributed by atoms with van der Waals surface area (Å²) < 4.78 is 8.62. The van der Waals surface area contributed by atoms with Crippen LogP contribution in [0.2, 0.25) is 0 Å². The zero-order chi connectivity index (χ0) is 25.1. The van der Waals surface area contributed by atoms with Gasteiger partial charge in [-0.2, -0.15) is 0 Å². The summed E-state index contributed by atoms with van der Waals surface area (Å²) in [4.78, 5) is 9.88. The van der Waals surface area contributed by atoms with Gasteiger partial charge in [-0.3, -0.25) is 4.40 Å². The zero-order valence-corrected chi connectivity index (χ0v) is 20.4. The Hall–Kier alpha value is -5.22. The van der Waals surface area contributed by atoms with Gasteiger partial charge in [-0.15, -0.1) is 0 Å². The summed E-state index contributed by atoms with van der Waals surface area (Å²) >= 11 is 0. The molecule has 0 saturated carbocycles. The summed E-state index contributed by atoms with van der Waals surface area (Å²) in [5.41, 5.74) is 10.1. The summed E-state index contributed by atoms with van der Waals surface area (Å²) in [5.74, 6) is 0.728. The van der Waals surface area contributed by atoms with Gasteiger partial charge < -0.3 is 4.42 Å². The number of hydrogen-bond acceptors (Lipinski definition) is 3. The first-order chi connectivity index (χ1) is 18.8. The average Bonchev–Trinajstić information content (AvgIpc) is 3.52. The number of oxazole rings is 1. The number of nitrogens with zero attached hydrogens (tertiary/aromatic N) is 3. The highest BCUT2D eigenvalue weighted by Gasteiger charge is 2.19. The van der Waals surface area contributed by atoms with Gasteiger partial charge in [-0.1, -0.05) is 103 Å². The highest BCUT2D eigenvalue weighted by atomic mass is 16.3. The molecule has 0 atom stereocenters. The van der Waals surface area contributed by atoms with E-state index in [2.05, 4.69) is 71.1 Å². The van der Waals surface area contributed by atoms with Crippen molar-refractivity contribution in [3.05, 3.63) is 127 Å². The highest BCUT2D eigenvalue weighted by molar-refractivity contribution is 6.07. The summed E-state index contributed by atoms with van der Waals surface area (Å²) in [6.07, 6.45) is 0. The lowest BCUT2D eigenvalue weighted by Gasteiger charge is -2.10. The molecule has 178 valence electrons. The van der Waals surface area contributed by atoms with Crippen LogP contribution in [0, 0.1) is 0 Å². The monoisotopic (exact) mass is 487 g/mol. The maximum absolute atomic E-state index is 6.40. The van der Waals surface area contributed by atoms with E-state index in [0.29, 0.717) is 0 Å². The smallest absolute Gasteiger partial charge is 0.213 e. The lowest BCUT2D eigenvalue weighted by Crippen LogP contribution is -1.95. The molecule has 38 heavy (non-hydrogen) atoms. The van der Waals surface area contributed by atoms with E-state index < -0.39 is 0 Å². The van der Waals surface area contributed by atoms with E-state index in [-0.39, 0.29) is 0 Å². The summed E-state index contributed by atoms with van der Waals surface area (Å²) in [6, 6.07) is 43.7. The minimum Gasteiger partial charge on any atom is -0.438 e. The third-order valence-corrected chi connectivity index (χ3v) is 7.23. The predicted octanol–water partition coefficient (Wildman–Crippen LogP) is 8.78. The van der Waals surface area contributed by atoms with Crippen LogP contribution >= 0.6 is 0 Å². The van der Waals surface area contributed by atoms with E-state index in [4.69, 9.17) is 14.4 Å². The van der Waals surface area contributed by atoms with Gasteiger partial charge in [0.25, 0.3) is 0 Å². The van der Waals surface area contributed by atoms with Crippen LogP contribution in [-0.4, -0.2) is 14.4 Å². The van der Waals surface area contributed by atoms with Crippen molar-refractivity contribution in [1.29, 1.82) is 0 Å². The Morgan fingerprint density at radius 2 is 1.16 bits per heavy atom. The van der Waals surface area contributed by atoms with Crippen LogP contribution in [0.25, 0.3) is 72.4 Å². The molecule has 3 heterocycles. The van der Waals surface area contributed by atoms with Crippen molar-refractivity contribution in [2.45, 2.75) is 0 Å². The molecule has 0 spiro atoms. The van der Waals surface area contributed by atoms with Crippen molar-refractivity contribution in [2.75, 3.05) is 0 Å². The molecule has 0 aliphatic carbocycles. The minimum absolute atomic E-state index is 0.728. The maximum atomic E-state index is 6.40. The standard InChI is InChI=1S/C34H21N3O/c1-2-10-24(11-3-1)33-35-27-14-6-4-12-25(27)32(36-33)23-20-18-22(19-21-23)31-26-13-5-7-15-28(26)37-29-16-8-9-17-30(29)38-34(31)37/h1-21H. The quantitative estimate of drug-likeness (QED) is 0.250. The van der Waals surface area contributed by atoms with Gasteiger partial charge in [0, 0.05) is 21.9 Å². The second-order valence-electron chi connectivity index (χ2n) is 9.46. The molecule has 5 aromatic carbocycles. The molecule has 8 rings (SSSR count). The molecule has 8 aromatic rings. The Bertz CT molecular complexity index is 2120. The van der Waals surface area contributed by atoms with Gasteiger partial charge in [0.05, 0.1) is 27.8 Å². The lowest BCUT2D eigenvalue weighted by molar-refractivity contribution is 0.658. The molecular formula is C34H21N3O. The molecule has 0 aliphatic heterocycles. The molecule has 0 saturated heterocycles. The molecule has 0 aliphatic rings. The third-order valence-electron chi connectivity index (χ3n) is 7.23. The van der Waals surface area contributed by atoms with E-state index in [1.54, 1.807) is 0 Å². The second kappa shape index (κ2) is 8.15. The number of hydrogen-bond donors (Lipinski definition) is 0. The van der Waals surface area contributed by atoms with Crippen LogP contribution in [-0.2, 0) is 0 Å². The van der Waals surface area contributed by atoms with Crippen molar-refractivity contribution < 1.29 is 4.42 Å². The SMILES string of the molecule is c1ccc(-c2nc(-c3ccc(-c4c5ccccc5n5c4oc4ccccc45)cc3)c3ccccc3n2)cc1. The maximum Gasteiger partial charge on any atom is 0.213 e. The van der Waals surface area contributed by atoms with E-state index >= 15 is 0 Å². The molecule has 3 aromatic heterocycles. The van der Waals surface area contributed by atoms with Crippen molar-refractivity contribution in [3.63, 3.8) is 0 Å². The van der Waals surface area contributed by atoms with Gasteiger partial charge in [-0.05, 0) is 29.8 Å². The first-order valence-corrected chi connectivity index (χ1v) is 12.7.